The lowest BCUT2D eigenvalue weighted by molar-refractivity contribution is 0.191. The van der Waals surface area contributed by atoms with Crippen molar-refractivity contribution in [1.29, 1.82) is 5.26 Å². The maximum absolute atomic E-state index is 8.97. The molecule has 0 amide bonds. The van der Waals surface area contributed by atoms with Gasteiger partial charge in [-0.25, -0.2) is 4.98 Å². The highest BCUT2D eigenvalue weighted by Crippen LogP contribution is 2.20. The third kappa shape index (κ3) is 2.67. The number of nitriles is 1. The van der Waals surface area contributed by atoms with Gasteiger partial charge in [-0.2, -0.15) is 5.26 Å². The zero-order valence-electron chi connectivity index (χ0n) is 8.11. The standard InChI is InChI=1S/C9H11ClN4S/c10-9-13-5-8(15-9)6-14-2-1-12-4-7(14)3-11/h5,7,12H,1-2,4,6H2. The Bertz CT molecular complexity index is 372. The van der Waals surface area contributed by atoms with E-state index < -0.39 is 0 Å². The molecule has 1 aliphatic heterocycles. The van der Waals surface area contributed by atoms with Gasteiger partial charge < -0.3 is 5.32 Å². The zero-order chi connectivity index (χ0) is 10.7. The molecule has 6 heteroatoms. The number of nitrogens with zero attached hydrogens (tertiary/aromatic N) is 3. The van der Waals surface area contributed by atoms with Crippen molar-refractivity contribution in [1.82, 2.24) is 15.2 Å². The van der Waals surface area contributed by atoms with Gasteiger partial charge in [0.05, 0.1) is 6.07 Å². The number of hydrogen-bond acceptors (Lipinski definition) is 5. The summed E-state index contributed by atoms with van der Waals surface area (Å²) < 4.78 is 0.564. The smallest absolute Gasteiger partial charge is 0.183 e. The summed E-state index contributed by atoms with van der Waals surface area (Å²) in [5.41, 5.74) is 0. The highest BCUT2D eigenvalue weighted by Gasteiger charge is 2.22. The van der Waals surface area contributed by atoms with Gasteiger partial charge in [-0.05, 0) is 0 Å². The molecule has 1 aromatic rings. The van der Waals surface area contributed by atoms with Gasteiger partial charge in [0.15, 0.2) is 4.47 Å². The Morgan fingerprint density at radius 1 is 1.80 bits per heavy atom. The molecule has 0 spiro atoms. The second-order valence-electron chi connectivity index (χ2n) is 3.40. The first-order valence-corrected chi connectivity index (χ1v) is 5.93. The number of aromatic nitrogens is 1. The molecule has 2 rings (SSSR count). The van der Waals surface area contributed by atoms with Crippen LogP contribution in [0.25, 0.3) is 0 Å². The lowest BCUT2D eigenvalue weighted by atomic mass is 10.2. The fourth-order valence-corrected chi connectivity index (χ4v) is 2.62. The van der Waals surface area contributed by atoms with Gasteiger partial charge in [0.2, 0.25) is 0 Å². The Morgan fingerprint density at radius 2 is 2.67 bits per heavy atom. The van der Waals surface area contributed by atoms with Crippen molar-refractivity contribution in [2.24, 2.45) is 0 Å². The van der Waals surface area contributed by atoms with Gasteiger partial charge >= 0.3 is 0 Å². The lowest BCUT2D eigenvalue weighted by Crippen LogP contribution is -2.49. The number of piperazine rings is 1. The second kappa shape index (κ2) is 4.90. The Kier molecular flexibility index (Phi) is 3.54. The van der Waals surface area contributed by atoms with Crippen LogP contribution in [0.15, 0.2) is 6.20 Å². The molecule has 0 aliphatic carbocycles. The van der Waals surface area contributed by atoms with Crippen LogP contribution in [0.5, 0.6) is 0 Å². The largest absolute Gasteiger partial charge is 0.313 e. The van der Waals surface area contributed by atoms with Crippen LogP contribution in [0.2, 0.25) is 4.47 Å². The lowest BCUT2D eigenvalue weighted by Gasteiger charge is -2.31. The first-order chi connectivity index (χ1) is 7.29. The fourth-order valence-electron chi connectivity index (χ4n) is 1.62. The number of hydrogen-bond donors (Lipinski definition) is 1. The number of rotatable bonds is 2. The Labute approximate surface area is 97.5 Å². The third-order valence-electron chi connectivity index (χ3n) is 2.39. The summed E-state index contributed by atoms with van der Waals surface area (Å²) >= 11 is 7.24. The topological polar surface area (TPSA) is 52.0 Å². The van der Waals surface area contributed by atoms with Crippen molar-refractivity contribution < 1.29 is 0 Å². The molecule has 0 saturated carbocycles. The predicted molar refractivity (Wildman–Crippen MR) is 59.8 cm³/mol. The Hall–Kier alpha value is -0.670. The number of thiazole rings is 1. The van der Waals surface area contributed by atoms with Gasteiger partial charge in [0.25, 0.3) is 0 Å². The van der Waals surface area contributed by atoms with Crippen LogP contribution in [0.3, 0.4) is 0 Å². The summed E-state index contributed by atoms with van der Waals surface area (Å²) in [4.78, 5) is 7.26. The third-order valence-corrected chi connectivity index (χ3v) is 3.49. The van der Waals surface area contributed by atoms with E-state index in [0.717, 1.165) is 31.1 Å². The van der Waals surface area contributed by atoms with Crippen LogP contribution in [0.4, 0.5) is 0 Å². The molecule has 2 heterocycles. The van der Waals surface area contributed by atoms with E-state index in [0.29, 0.717) is 4.47 Å². The molecule has 15 heavy (non-hydrogen) atoms. The number of halogens is 1. The van der Waals surface area contributed by atoms with Crippen LogP contribution >= 0.6 is 22.9 Å². The van der Waals surface area contributed by atoms with Crippen LogP contribution in [0.1, 0.15) is 4.88 Å². The van der Waals surface area contributed by atoms with E-state index in [1.54, 1.807) is 6.20 Å². The molecule has 1 N–H and O–H groups in total. The molecule has 1 aromatic heterocycles. The van der Waals surface area contributed by atoms with Crippen molar-refractivity contribution in [3.8, 4) is 6.07 Å². The SMILES string of the molecule is N#CC1CNCCN1Cc1cnc(Cl)s1. The summed E-state index contributed by atoms with van der Waals surface area (Å²) in [7, 11) is 0. The summed E-state index contributed by atoms with van der Waals surface area (Å²) in [6.07, 6.45) is 1.78. The van der Waals surface area contributed by atoms with E-state index >= 15 is 0 Å². The van der Waals surface area contributed by atoms with Crippen molar-refractivity contribution in [2.75, 3.05) is 19.6 Å². The molecule has 1 aliphatic rings. The van der Waals surface area contributed by atoms with E-state index in [4.69, 9.17) is 16.9 Å². The molecule has 1 atom stereocenters. The van der Waals surface area contributed by atoms with Crippen LogP contribution in [-0.4, -0.2) is 35.6 Å². The predicted octanol–water partition coefficient (Wildman–Crippen LogP) is 1.09. The fraction of sp³-hybridized carbons (Fsp3) is 0.556. The molecular formula is C9H11ClN4S. The highest BCUT2D eigenvalue weighted by molar-refractivity contribution is 7.15. The van der Waals surface area contributed by atoms with Crippen molar-refractivity contribution in [3.05, 3.63) is 15.5 Å². The molecule has 0 bridgehead atoms. The summed E-state index contributed by atoms with van der Waals surface area (Å²) in [6, 6.07) is 2.25. The molecule has 4 nitrogen and oxygen atoms in total. The number of nitrogens with one attached hydrogen (secondary N) is 1. The average Bonchev–Trinajstić information content (AvgIpc) is 2.65. The quantitative estimate of drug-likeness (QED) is 0.844. The minimum Gasteiger partial charge on any atom is -0.313 e. The van der Waals surface area contributed by atoms with E-state index in [-0.39, 0.29) is 6.04 Å². The van der Waals surface area contributed by atoms with Gasteiger partial charge in [0, 0.05) is 37.3 Å². The molecule has 0 aromatic carbocycles. The molecular weight excluding hydrogens is 232 g/mol. The van der Waals surface area contributed by atoms with E-state index in [9.17, 15) is 0 Å². The van der Waals surface area contributed by atoms with Gasteiger partial charge in [-0.1, -0.05) is 11.6 Å². The normalized spacial score (nSPS) is 22.5. The van der Waals surface area contributed by atoms with Crippen LogP contribution in [-0.2, 0) is 6.54 Å². The first-order valence-electron chi connectivity index (χ1n) is 4.74. The molecule has 1 unspecified atom stereocenters. The van der Waals surface area contributed by atoms with E-state index in [1.165, 1.54) is 11.3 Å². The minimum absolute atomic E-state index is 0.0420. The summed E-state index contributed by atoms with van der Waals surface area (Å²) in [6.45, 7) is 3.34. The van der Waals surface area contributed by atoms with Gasteiger partial charge in [0.1, 0.15) is 6.04 Å². The van der Waals surface area contributed by atoms with Crippen LogP contribution < -0.4 is 5.32 Å². The molecule has 1 fully saturated rings. The van der Waals surface area contributed by atoms with E-state index in [1.807, 2.05) is 0 Å². The Balaban J connectivity index is 2.01. The van der Waals surface area contributed by atoms with Gasteiger partial charge in [-0.3, -0.25) is 4.90 Å². The second-order valence-corrected chi connectivity index (χ2v) is 5.10. The maximum Gasteiger partial charge on any atom is 0.183 e. The summed E-state index contributed by atoms with van der Waals surface area (Å²) in [5, 5.41) is 12.2. The maximum atomic E-state index is 8.97. The molecule has 80 valence electrons. The van der Waals surface area contributed by atoms with Crippen molar-refractivity contribution >= 4 is 22.9 Å². The minimum atomic E-state index is -0.0420. The van der Waals surface area contributed by atoms with E-state index in [2.05, 4.69) is 21.3 Å². The van der Waals surface area contributed by atoms with Crippen molar-refractivity contribution in [3.63, 3.8) is 0 Å². The monoisotopic (exact) mass is 242 g/mol. The van der Waals surface area contributed by atoms with Crippen molar-refractivity contribution in [2.45, 2.75) is 12.6 Å². The first kappa shape index (κ1) is 10.8. The zero-order valence-corrected chi connectivity index (χ0v) is 9.68. The average molecular weight is 243 g/mol. The Morgan fingerprint density at radius 3 is 3.33 bits per heavy atom. The molecule has 1 saturated heterocycles. The highest BCUT2D eigenvalue weighted by atomic mass is 35.5. The van der Waals surface area contributed by atoms with Gasteiger partial charge in [-0.15, -0.1) is 11.3 Å². The molecule has 0 radical (unpaired) electrons. The van der Waals surface area contributed by atoms with Crippen LogP contribution in [0, 0.1) is 11.3 Å². The summed E-state index contributed by atoms with van der Waals surface area (Å²) in [5.74, 6) is 0.